The van der Waals surface area contributed by atoms with Gasteiger partial charge in [0.25, 0.3) is 0 Å². The van der Waals surface area contributed by atoms with E-state index in [1.54, 1.807) is 45.0 Å². The van der Waals surface area contributed by atoms with Crippen LogP contribution in [-0.2, 0) is 15.6 Å². The number of hydrogen-bond donors (Lipinski definition) is 1. The van der Waals surface area contributed by atoms with Crippen molar-refractivity contribution in [2.24, 2.45) is 5.41 Å². The maximum atomic E-state index is 12.0. The van der Waals surface area contributed by atoms with Crippen LogP contribution in [0.1, 0.15) is 85.8 Å². The van der Waals surface area contributed by atoms with E-state index in [0.717, 1.165) is 24.0 Å². The first-order chi connectivity index (χ1) is 15.6. The number of aromatic hydroxyl groups is 1. The molecule has 0 radical (unpaired) electrons. The smallest absolute Gasteiger partial charge is 0.508 e. The first-order valence-electron chi connectivity index (χ1n) is 11.8. The zero-order chi connectivity index (χ0) is 25.8. The molecule has 2 unspecified atom stereocenters. The number of phenolic OH excluding ortho intramolecular Hbond substituents is 1. The van der Waals surface area contributed by atoms with Crippen LogP contribution in [0.4, 0.5) is 4.79 Å². The Kier molecular flexibility index (Phi) is 8.09. The summed E-state index contributed by atoms with van der Waals surface area (Å²) in [6, 6.07) is 17.4. The maximum absolute atomic E-state index is 12.0. The van der Waals surface area contributed by atoms with Crippen LogP contribution in [0.5, 0.6) is 11.5 Å². The molecule has 0 aliphatic rings. The SMILES string of the molecule is CCC(C)(C#N)CC(C)(CC(C)(C)c1ccc(O)cc1)c1ccc(OC(=O)OC(C)(C)C)cc1. The topological polar surface area (TPSA) is 79.5 Å². The summed E-state index contributed by atoms with van der Waals surface area (Å²) in [7, 11) is 0. The third kappa shape index (κ3) is 7.25. The van der Waals surface area contributed by atoms with E-state index in [9.17, 15) is 15.2 Å². The molecule has 0 aliphatic heterocycles. The lowest BCUT2D eigenvalue weighted by molar-refractivity contribution is 0.0206. The molecule has 0 amide bonds. The van der Waals surface area contributed by atoms with E-state index in [2.05, 4.69) is 26.8 Å². The van der Waals surface area contributed by atoms with Gasteiger partial charge in [0.15, 0.2) is 0 Å². The second-order valence-corrected chi connectivity index (χ2v) is 11.5. The van der Waals surface area contributed by atoms with Crippen LogP contribution in [0.3, 0.4) is 0 Å². The normalized spacial score (nSPS) is 15.5. The monoisotopic (exact) mass is 465 g/mol. The van der Waals surface area contributed by atoms with Crippen molar-refractivity contribution in [2.75, 3.05) is 0 Å². The number of ether oxygens (including phenoxy) is 2. The van der Waals surface area contributed by atoms with E-state index >= 15 is 0 Å². The molecule has 34 heavy (non-hydrogen) atoms. The number of hydrogen-bond acceptors (Lipinski definition) is 5. The molecule has 5 nitrogen and oxygen atoms in total. The summed E-state index contributed by atoms with van der Waals surface area (Å²) >= 11 is 0. The molecule has 0 aliphatic carbocycles. The van der Waals surface area contributed by atoms with Gasteiger partial charge in [-0.2, -0.15) is 5.26 Å². The highest BCUT2D eigenvalue weighted by molar-refractivity contribution is 5.64. The minimum atomic E-state index is -0.737. The summed E-state index contributed by atoms with van der Waals surface area (Å²) in [4.78, 5) is 12.0. The molecule has 2 aromatic rings. The second kappa shape index (κ2) is 10.1. The Hall–Kier alpha value is -3.00. The molecule has 2 rings (SSSR count). The van der Waals surface area contributed by atoms with Crippen molar-refractivity contribution in [3.63, 3.8) is 0 Å². The van der Waals surface area contributed by atoms with Crippen LogP contribution < -0.4 is 4.74 Å². The average molecular weight is 466 g/mol. The Morgan fingerprint density at radius 3 is 1.88 bits per heavy atom. The highest BCUT2D eigenvalue weighted by Crippen LogP contribution is 2.47. The minimum Gasteiger partial charge on any atom is -0.508 e. The number of nitrogens with zero attached hydrogens (tertiary/aromatic N) is 1. The van der Waals surface area contributed by atoms with E-state index in [-0.39, 0.29) is 16.6 Å². The van der Waals surface area contributed by atoms with Crippen LogP contribution >= 0.6 is 0 Å². The molecule has 0 fully saturated rings. The molecule has 184 valence electrons. The van der Waals surface area contributed by atoms with Gasteiger partial charge in [-0.05, 0) is 93.2 Å². The molecule has 0 saturated carbocycles. The number of carbonyl (C=O) groups excluding carboxylic acids is 1. The van der Waals surface area contributed by atoms with Gasteiger partial charge in [0.05, 0.1) is 11.5 Å². The molecule has 1 N–H and O–H groups in total. The zero-order valence-electron chi connectivity index (χ0n) is 21.9. The van der Waals surface area contributed by atoms with Gasteiger partial charge in [0, 0.05) is 0 Å². The molecule has 0 bridgehead atoms. The van der Waals surface area contributed by atoms with Crippen LogP contribution in [0.15, 0.2) is 48.5 Å². The van der Waals surface area contributed by atoms with Gasteiger partial charge in [-0.3, -0.25) is 0 Å². The van der Waals surface area contributed by atoms with E-state index in [0.29, 0.717) is 12.2 Å². The molecule has 0 aromatic heterocycles. The number of phenols is 1. The molecule has 5 heteroatoms. The van der Waals surface area contributed by atoms with Gasteiger partial charge in [0.1, 0.15) is 17.1 Å². The summed E-state index contributed by atoms with van der Waals surface area (Å²) in [5, 5.41) is 19.6. The van der Waals surface area contributed by atoms with Crippen molar-refractivity contribution in [3.8, 4) is 17.6 Å². The van der Waals surface area contributed by atoms with Gasteiger partial charge < -0.3 is 14.6 Å². The zero-order valence-corrected chi connectivity index (χ0v) is 21.9. The Bertz CT molecular complexity index is 1010. The summed E-state index contributed by atoms with van der Waals surface area (Å²) in [6.07, 6.45) is 1.48. The van der Waals surface area contributed by atoms with Crippen LogP contribution in [0, 0.1) is 16.7 Å². The van der Waals surface area contributed by atoms with E-state index < -0.39 is 17.2 Å². The van der Waals surface area contributed by atoms with Gasteiger partial charge in [-0.25, -0.2) is 4.79 Å². The third-order valence-corrected chi connectivity index (χ3v) is 6.45. The van der Waals surface area contributed by atoms with E-state index in [1.807, 2.05) is 38.1 Å². The molecule has 2 atom stereocenters. The molecule has 0 spiro atoms. The minimum absolute atomic E-state index is 0.210. The fourth-order valence-electron chi connectivity index (χ4n) is 4.65. The molecule has 0 heterocycles. The molecule has 0 saturated heterocycles. The summed E-state index contributed by atoms with van der Waals surface area (Å²) in [5.74, 6) is 0.655. The van der Waals surface area contributed by atoms with Gasteiger partial charge in [0.2, 0.25) is 0 Å². The Morgan fingerprint density at radius 1 is 0.882 bits per heavy atom. The molecular formula is C29H39NO4. The molecule has 2 aromatic carbocycles. The second-order valence-electron chi connectivity index (χ2n) is 11.5. The first kappa shape index (κ1) is 27.2. The summed E-state index contributed by atoms with van der Waals surface area (Å²) in [5.41, 5.74) is 0.551. The number of carbonyl (C=O) groups is 1. The van der Waals surface area contributed by atoms with Gasteiger partial charge >= 0.3 is 6.16 Å². The van der Waals surface area contributed by atoms with Crippen LogP contribution in [0.2, 0.25) is 0 Å². The molecular weight excluding hydrogens is 426 g/mol. The summed E-state index contributed by atoms with van der Waals surface area (Å²) in [6.45, 7) is 16.0. The third-order valence-electron chi connectivity index (χ3n) is 6.45. The summed E-state index contributed by atoms with van der Waals surface area (Å²) < 4.78 is 10.6. The van der Waals surface area contributed by atoms with Crippen molar-refractivity contribution < 1.29 is 19.4 Å². The number of rotatable bonds is 8. The Morgan fingerprint density at radius 2 is 1.41 bits per heavy atom. The highest BCUT2D eigenvalue weighted by atomic mass is 16.7. The lowest BCUT2D eigenvalue weighted by atomic mass is 9.61. The standard InChI is InChI=1S/C29H39NO4/c1-9-28(7,20-30)19-29(8,18-27(5,6)21-10-14-23(31)15-11-21)22-12-16-24(17-13-22)33-25(32)34-26(2,3)4/h10-17,31H,9,18-19H2,1-8H3. The van der Waals surface area contributed by atoms with E-state index in [1.165, 1.54) is 0 Å². The average Bonchev–Trinajstić information content (AvgIpc) is 2.72. The predicted molar refractivity (Wildman–Crippen MR) is 135 cm³/mol. The van der Waals surface area contributed by atoms with Crippen molar-refractivity contribution in [2.45, 2.75) is 91.1 Å². The van der Waals surface area contributed by atoms with Crippen LogP contribution in [-0.4, -0.2) is 16.9 Å². The Labute approximate surface area is 204 Å². The van der Waals surface area contributed by atoms with Crippen LogP contribution in [0.25, 0.3) is 0 Å². The first-order valence-corrected chi connectivity index (χ1v) is 11.8. The quantitative estimate of drug-likeness (QED) is 0.320. The fourth-order valence-corrected chi connectivity index (χ4v) is 4.65. The number of nitriles is 1. The maximum Gasteiger partial charge on any atom is 0.514 e. The fraction of sp³-hybridized carbons (Fsp3) is 0.517. The number of benzene rings is 2. The Balaban J connectivity index is 2.39. The van der Waals surface area contributed by atoms with Gasteiger partial charge in [-0.15, -0.1) is 0 Å². The highest BCUT2D eigenvalue weighted by Gasteiger charge is 2.40. The van der Waals surface area contributed by atoms with E-state index in [4.69, 9.17) is 9.47 Å². The van der Waals surface area contributed by atoms with Crippen molar-refractivity contribution >= 4 is 6.16 Å². The van der Waals surface area contributed by atoms with Crippen molar-refractivity contribution in [1.29, 1.82) is 5.26 Å². The van der Waals surface area contributed by atoms with Crippen molar-refractivity contribution in [3.05, 3.63) is 59.7 Å². The van der Waals surface area contributed by atoms with Gasteiger partial charge in [-0.1, -0.05) is 52.0 Å². The lowest BCUT2D eigenvalue weighted by Crippen LogP contribution is -2.36. The van der Waals surface area contributed by atoms with Crippen molar-refractivity contribution in [1.82, 2.24) is 0 Å². The lowest BCUT2D eigenvalue weighted by Gasteiger charge is -2.42. The predicted octanol–water partition coefficient (Wildman–Crippen LogP) is 7.66. The largest absolute Gasteiger partial charge is 0.514 e.